The maximum atomic E-state index is 6.71. The first-order chi connectivity index (χ1) is 24.3. The third-order valence-corrected chi connectivity index (χ3v) is 9.17. The molecule has 0 spiro atoms. The van der Waals surface area contributed by atoms with Crippen LogP contribution in [0.2, 0.25) is 0 Å². The highest BCUT2D eigenvalue weighted by atomic mass is 16.3. The van der Waals surface area contributed by atoms with E-state index in [0.29, 0.717) is 0 Å². The van der Waals surface area contributed by atoms with Gasteiger partial charge in [0.15, 0.2) is 0 Å². The Labute approximate surface area is 285 Å². The average molecular weight is 636 g/mol. The Morgan fingerprint density at radius 2 is 1.02 bits per heavy atom. The van der Waals surface area contributed by atoms with Crippen LogP contribution >= 0.6 is 0 Å². The molecule has 4 aromatic heterocycles. The molecule has 0 saturated heterocycles. The van der Waals surface area contributed by atoms with Crippen LogP contribution in [0.4, 0.5) is 0 Å². The van der Waals surface area contributed by atoms with Gasteiger partial charge in [-0.1, -0.05) is 113 Å². The van der Waals surface area contributed by atoms with Gasteiger partial charge in [-0.15, -0.1) is 0 Å². The number of aromatic nitrogens is 3. The molecular weight excluding hydrogens is 599 g/mol. The SMILES string of the molecule is CC.CC.c1ccc(-c2ccc(-n3c4ccccc4c4c5oc6ccc(-n7c8ccccc8c8ccccc87)cc6c5ccc43)cn2)cc1. The van der Waals surface area contributed by atoms with E-state index in [-0.39, 0.29) is 0 Å². The second-order valence-electron chi connectivity index (χ2n) is 11.6. The Balaban J connectivity index is 0.000000843. The second-order valence-corrected chi connectivity index (χ2v) is 11.6. The summed E-state index contributed by atoms with van der Waals surface area (Å²) in [6.07, 6.45) is 1.97. The van der Waals surface area contributed by atoms with Gasteiger partial charge in [-0.2, -0.15) is 0 Å². The first kappa shape index (κ1) is 30.2. The van der Waals surface area contributed by atoms with Crippen molar-refractivity contribution in [1.29, 1.82) is 0 Å². The van der Waals surface area contributed by atoms with Crippen molar-refractivity contribution in [3.05, 3.63) is 152 Å². The van der Waals surface area contributed by atoms with E-state index in [9.17, 15) is 0 Å². The van der Waals surface area contributed by atoms with Crippen LogP contribution < -0.4 is 0 Å². The minimum absolute atomic E-state index is 0.882. The quantitative estimate of drug-likeness (QED) is 0.194. The molecule has 10 aromatic rings. The number of fused-ring (bicyclic) bond motifs is 10. The van der Waals surface area contributed by atoms with Crippen LogP contribution in [-0.2, 0) is 0 Å². The van der Waals surface area contributed by atoms with Crippen LogP contribution in [0.1, 0.15) is 27.7 Å². The third-order valence-electron chi connectivity index (χ3n) is 9.17. The molecule has 4 heteroatoms. The summed E-state index contributed by atoms with van der Waals surface area (Å²) in [4.78, 5) is 4.85. The normalized spacial score (nSPS) is 11.3. The van der Waals surface area contributed by atoms with Gasteiger partial charge in [-0.25, -0.2) is 0 Å². The van der Waals surface area contributed by atoms with Crippen molar-refractivity contribution in [2.45, 2.75) is 27.7 Å². The van der Waals surface area contributed by atoms with Gasteiger partial charge < -0.3 is 13.6 Å². The standard InChI is InChI=1S/C41H25N3O.2C2H6/c1-2-10-26(11-3-1)34-21-18-28(25-42-34)44-37-17-9-6-14-32(37)40-38(44)22-20-31-33-24-27(19-23-39(33)45-41(31)40)43-35-15-7-4-12-29(35)30-13-5-8-16-36(30)43;2*1-2/h1-25H;2*1-2H3. The predicted octanol–water partition coefficient (Wildman–Crippen LogP) is 12.9. The summed E-state index contributed by atoms with van der Waals surface area (Å²) in [5.41, 5.74) is 10.6. The topological polar surface area (TPSA) is 35.9 Å². The van der Waals surface area contributed by atoms with Crippen LogP contribution in [0.25, 0.3) is 88.2 Å². The first-order valence-corrected chi connectivity index (χ1v) is 17.2. The van der Waals surface area contributed by atoms with Gasteiger partial charge >= 0.3 is 0 Å². The summed E-state index contributed by atoms with van der Waals surface area (Å²) >= 11 is 0. The zero-order valence-electron chi connectivity index (χ0n) is 28.2. The molecule has 0 fully saturated rings. The van der Waals surface area contributed by atoms with E-state index in [1.807, 2.05) is 52.1 Å². The summed E-state index contributed by atoms with van der Waals surface area (Å²) in [5, 5.41) is 7.01. The molecule has 0 aliphatic heterocycles. The lowest BCUT2D eigenvalue weighted by Crippen LogP contribution is -1.95. The van der Waals surface area contributed by atoms with Crippen molar-refractivity contribution < 1.29 is 4.42 Å². The summed E-state index contributed by atoms with van der Waals surface area (Å²) in [6.45, 7) is 8.00. The molecule has 0 aliphatic rings. The average Bonchev–Trinajstić information content (AvgIpc) is 3.84. The largest absolute Gasteiger partial charge is 0.455 e. The van der Waals surface area contributed by atoms with Crippen molar-refractivity contribution in [3.63, 3.8) is 0 Å². The fraction of sp³-hybridized carbons (Fsp3) is 0.0889. The van der Waals surface area contributed by atoms with Crippen molar-refractivity contribution >= 4 is 65.6 Å². The van der Waals surface area contributed by atoms with Crippen LogP contribution in [0.5, 0.6) is 0 Å². The molecule has 10 rings (SSSR count). The second kappa shape index (κ2) is 12.5. The van der Waals surface area contributed by atoms with Gasteiger partial charge in [0.2, 0.25) is 0 Å². The van der Waals surface area contributed by atoms with Gasteiger partial charge in [0.1, 0.15) is 11.2 Å². The van der Waals surface area contributed by atoms with E-state index in [1.165, 1.54) is 21.8 Å². The highest BCUT2D eigenvalue weighted by Crippen LogP contribution is 2.41. The Hall–Kier alpha value is -6.13. The molecular formula is C45H37N3O. The number of benzene rings is 6. The zero-order chi connectivity index (χ0) is 33.5. The van der Waals surface area contributed by atoms with E-state index in [2.05, 4.69) is 137 Å². The van der Waals surface area contributed by atoms with Gasteiger partial charge in [0.05, 0.1) is 45.0 Å². The van der Waals surface area contributed by atoms with Crippen LogP contribution in [0, 0.1) is 0 Å². The lowest BCUT2D eigenvalue weighted by Gasteiger charge is -2.09. The van der Waals surface area contributed by atoms with E-state index >= 15 is 0 Å². The Bertz CT molecular complexity index is 2690. The minimum Gasteiger partial charge on any atom is -0.455 e. The van der Waals surface area contributed by atoms with Crippen molar-refractivity contribution in [2.75, 3.05) is 0 Å². The van der Waals surface area contributed by atoms with Crippen LogP contribution in [-0.4, -0.2) is 14.1 Å². The van der Waals surface area contributed by atoms with Gasteiger partial charge in [-0.05, 0) is 60.7 Å². The molecule has 0 N–H and O–H groups in total. The summed E-state index contributed by atoms with van der Waals surface area (Å²) < 4.78 is 11.4. The number of hydrogen-bond donors (Lipinski definition) is 0. The Morgan fingerprint density at radius 3 is 1.67 bits per heavy atom. The molecule has 0 unspecified atom stereocenters. The number of furan rings is 1. The fourth-order valence-corrected chi connectivity index (χ4v) is 7.19. The molecule has 6 aromatic carbocycles. The molecule has 0 atom stereocenters. The molecule has 0 radical (unpaired) electrons. The van der Waals surface area contributed by atoms with Crippen molar-refractivity contribution in [2.24, 2.45) is 0 Å². The Kier molecular flexibility index (Phi) is 7.69. The van der Waals surface area contributed by atoms with E-state index in [0.717, 1.165) is 66.4 Å². The number of para-hydroxylation sites is 3. The maximum Gasteiger partial charge on any atom is 0.145 e. The smallest absolute Gasteiger partial charge is 0.145 e. The summed E-state index contributed by atoms with van der Waals surface area (Å²) in [6, 6.07) is 51.4. The molecule has 4 heterocycles. The molecule has 0 amide bonds. The number of rotatable bonds is 3. The van der Waals surface area contributed by atoms with Crippen molar-refractivity contribution in [1.82, 2.24) is 14.1 Å². The van der Waals surface area contributed by atoms with Crippen molar-refractivity contribution in [3.8, 4) is 22.6 Å². The van der Waals surface area contributed by atoms with E-state index in [4.69, 9.17) is 9.40 Å². The highest BCUT2D eigenvalue weighted by Gasteiger charge is 2.20. The summed E-state index contributed by atoms with van der Waals surface area (Å²) in [5.74, 6) is 0. The molecule has 0 aliphatic carbocycles. The molecule has 0 saturated carbocycles. The summed E-state index contributed by atoms with van der Waals surface area (Å²) in [7, 11) is 0. The van der Waals surface area contributed by atoms with E-state index < -0.39 is 0 Å². The monoisotopic (exact) mass is 635 g/mol. The molecule has 238 valence electrons. The Morgan fingerprint density at radius 1 is 0.449 bits per heavy atom. The van der Waals surface area contributed by atoms with Gasteiger partial charge in [0, 0.05) is 38.2 Å². The molecule has 4 nitrogen and oxygen atoms in total. The maximum absolute atomic E-state index is 6.71. The first-order valence-electron chi connectivity index (χ1n) is 17.2. The number of pyridine rings is 1. The predicted molar refractivity (Wildman–Crippen MR) is 208 cm³/mol. The lowest BCUT2D eigenvalue weighted by atomic mass is 10.1. The lowest BCUT2D eigenvalue weighted by molar-refractivity contribution is 0.673. The molecule has 49 heavy (non-hydrogen) atoms. The van der Waals surface area contributed by atoms with Gasteiger partial charge in [0.25, 0.3) is 0 Å². The van der Waals surface area contributed by atoms with Crippen LogP contribution in [0.3, 0.4) is 0 Å². The van der Waals surface area contributed by atoms with Crippen LogP contribution in [0.15, 0.2) is 156 Å². The number of hydrogen-bond acceptors (Lipinski definition) is 2. The van der Waals surface area contributed by atoms with E-state index in [1.54, 1.807) is 0 Å². The fourth-order valence-electron chi connectivity index (χ4n) is 7.19. The minimum atomic E-state index is 0.882. The molecule has 0 bridgehead atoms. The third kappa shape index (κ3) is 4.71. The zero-order valence-corrected chi connectivity index (χ0v) is 28.2. The highest BCUT2D eigenvalue weighted by molar-refractivity contribution is 6.24. The number of nitrogens with zero attached hydrogens (tertiary/aromatic N) is 3. The van der Waals surface area contributed by atoms with Gasteiger partial charge in [-0.3, -0.25) is 4.98 Å².